The van der Waals surface area contributed by atoms with Crippen LogP contribution in [-0.2, 0) is 0 Å². The molecule has 3 heteroatoms. The van der Waals surface area contributed by atoms with Gasteiger partial charge in [-0.05, 0) is 32.9 Å². The molecule has 0 spiro atoms. The fraction of sp³-hybridized carbons (Fsp3) is 0.462. The maximum absolute atomic E-state index is 11.5. The number of hydrogen-bond donors (Lipinski definition) is 1. The van der Waals surface area contributed by atoms with Gasteiger partial charge >= 0.3 is 0 Å². The lowest BCUT2D eigenvalue weighted by Crippen LogP contribution is -2.34. The molecule has 0 saturated carbocycles. The number of anilines is 1. The number of benzene rings is 1. The summed E-state index contributed by atoms with van der Waals surface area (Å²) in [5.41, 5.74) is 1.61. The summed E-state index contributed by atoms with van der Waals surface area (Å²) in [5.74, 6) is 0.0548. The van der Waals surface area contributed by atoms with E-state index in [1.165, 1.54) is 0 Å². The minimum atomic E-state index is 0.0548. The summed E-state index contributed by atoms with van der Waals surface area (Å²) in [5, 5.41) is 9.05. The van der Waals surface area contributed by atoms with Gasteiger partial charge in [-0.25, -0.2) is 0 Å². The van der Waals surface area contributed by atoms with E-state index in [0.717, 1.165) is 5.69 Å². The van der Waals surface area contributed by atoms with Gasteiger partial charge in [0.25, 0.3) is 0 Å². The molecule has 0 heterocycles. The average Bonchev–Trinajstić information content (AvgIpc) is 2.25. The highest BCUT2D eigenvalue weighted by Crippen LogP contribution is 2.22. The van der Waals surface area contributed by atoms with Crippen LogP contribution in [0, 0.1) is 0 Å². The van der Waals surface area contributed by atoms with Crippen LogP contribution < -0.4 is 4.90 Å². The number of aliphatic hydroxyl groups is 1. The number of ketones is 1. The van der Waals surface area contributed by atoms with Crippen LogP contribution in [0.5, 0.6) is 0 Å². The Hall–Kier alpha value is -1.35. The first-order valence-corrected chi connectivity index (χ1v) is 5.55. The van der Waals surface area contributed by atoms with Crippen LogP contribution in [-0.4, -0.2) is 30.1 Å². The van der Waals surface area contributed by atoms with Gasteiger partial charge in [-0.15, -0.1) is 0 Å². The van der Waals surface area contributed by atoms with Crippen LogP contribution in [0.2, 0.25) is 0 Å². The Morgan fingerprint density at radius 2 is 2.00 bits per heavy atom. The number of Topliss-reactive ketones (excluding diaryl/α,β-unsaturated/α-hetero) is 1. The topological polar surface area (TPSA) is 40.5 Å². The largest absolute Gasteiger partial charge is 0.395 e. The van der Waals surface area contributed by atoms with Crippen molar-refractivity contribution in [3.63, 3.8) is 0 Å². The molecular weight excluding hydrogens is 202 g/mol. The second-order valence-corrected chi connectivity index (χ2v) is 4.08. The van der Waals surface area contributed by atoms with Crippen LogP contribution in [0.3, 0.4) is 0 Å². The first kappa shape index (κ1) is 12.7. The van der Waals surface area contributed by atoms with Crippen molar-refractivity contribution in [2.75, 3.05) is 18.1 Å². The summed E-state index contributed by atoms with van der Waals surface area (Å²) < 4.78 is 0. The molecule has 88 valence electrons. The van der Waals surface area contributed by atoms with E-state index in [2.05, 4.69) is 0 Å². The molecule has 0 aliphatic rings. The van der Waals surface area contributed by atoms with E-state index in [4.69, 9.17) is 5.11 Å². The zero-order valence-corrected chi connectivity index (χ0v) is 10.1. The van der Waals surface area contributed by atoms with Crippen molar-refractivity contribution in [1.29, 1.82) is 0 Å². The maximum atomic E-state index is 11.5. The molecule has 16 heavy (non-hydrogen) atoms. The standard InChI is InChI=1S/C13H19NO2/c1-10(2)14(8-9-15)13-7-5-4-6-12(13)11(3)16/h4-7,10,15H,8-9H2,1-3H3. The van der Waals surface area contributed by atoms with Crippen LogP contribution >= 0.6 is 0 Å². The first-order chi connectivity index (χ1) is 7.57. The summed E-state index contributed by atoms with van der Waals surface area (Å²) in [7, 11) is 0. The lowest BCUT2D eigenvalue weighted by molar-refractivity contribution is 0.101. The van der Waals surface area contributed by atoms with Crippen LogP contribution in [0.4, 0.5) is 5.69 Å². The van der Waals surface area contributed by atoms with E-state index in [9.17, 15) is 4.79 Å². The van der Waals surface area contributed by atoms with Gasteiger partial charge in [-0.3, -0.25) is 4.79 Å². The molecule has 0 radical (unpaired) electrons. The molecule has 1 aromatic carbocycles. The predicted octanol–water partition coefficient (Wildman–Crippen LogP) is 2.10. The fourth-order valence-electron chi connectivity index (χ4n) is 1.79. The third kappa shape index (κ3) is 2.83. The van der Waals surface area contributed by atoms with Crippen molar-refractivity contribution in [1.82, 2.24) is 0 Å². The monoisotopic (exact) mass is 221 g/mol. The molecule has 0 aromatic heterocycles. The van der Waals surface area contributed by atoms with Gasteiger partial charge in [0.05, 0.1) is 6.61 Å². The Morgan fingerprint density at radius 3 is 2.50 bits per heavy atom. The molecule has 3 nitrogen and oxygen atoms in total. The van der Waals surface area contributed by atoms with E-state index in [1.807, 2.05) is 43.0 Å². The molecule has 1 N–H and O–H groups in total. The van der Waals surface area contributed by atoms with Crippen molar-refractivity contribution in [3.05, 3.63) is 29.8 Å². The summed E-state index contributed by atoms with van der Waals surface area (Å²) in [4.78, 5) is 13.5. The minimum absolute atomic E-state index is 0.0548. The zero-order valence-electron chi connectivity index (χ0n) is 10.1. The van der Waals surface area contributed by atoms with Gasteiger partial charge in [0.1, 0.15) is 0 Å². The summed E-state index contributed by atoms with van der Waals surface area (Å²) in [6.45, 7) is 6.29. The SMILES string of the molecule is CC(=O)c1ccccc1N(CCO)C(C)C. The molecule has 1 aromatic rings. The maximum Gasteiger partial charge on any atom is 0.161 e. The second-order valence-electron chi connectivity index (χ2n) is 4.08. The highest BCUT2D eigenvalue weighted by atomic mass is 16.3. The third-order valence-corrected chi connectivity index (χ3v) is 2.56. The Morgan fingerprint density at radius 1 is 1.38 bits per heavy atom. The number of aliphatic hydroxyl groups excluding tert-OH is 1. The van der Waals surface area contributed by atoms with Crippen LogP contribution in [0.15, 0.2) is 24.3 Å². The Bertz CT molecular complexity index is 361. The minimum Gasteiger partial charge on any atom is -0.395 e. The molecule has 0 aliphatic carbocycles. The molecule has 0 unspecified atom stereocenters. The van der Waals surface area contributed by atoms with Crippen molar-refractivity contribution in [2.45, 2.75) is 26.8 Å². The second kappa shape index (κ2) is 5.66. The van der Waals surface area contributed by atoms with Crippen molar-refractivity contribution in [3.8, 4) is 0 Å². The van der Waals surface area contributed by atoms with E-state index < -0.39 is 0 Å². The summed E-state index contributed by atoms with van der Waals surface area (Å²) in [6, 6.07) is 7.77. The third-order valence-electron chi connectivity index (χ3n) is 2.56. The van der Waals surface area contributed by atoms with E-state index >= 15 is 0 Å². The van der Waals surface area contributed by atoms with Crippen molar-refractivity contribution in [2.24, 2.45) is 0 Å². The van der Waals surface area contributed by atoms with E-state index in [-0.39, 0.29) is 18.4 Å². The van der Waals surface area contributed by atoms with Gasteiger partial charge in [0.2, 0.25) is 0 Å². The Kier molecular flexibility index (Phi) is 4.50. The molecule has 0 fully saturated rings. The van der Waals surface area contributed by atoms with Crippen LogP contribution in [0.1, 0.15) is 31.1 Å². The molecule has 1 rings (SSSR count). The number of nitrogens with zero attached hydrogens (tertiary/aromatic N) is 1. The highest BCUT2D eigenvalue weighted by Gasteiger charge is 2.15. The molecule has 0 aliphatic heterocycles. The number of para-hydroxylation sites is 1. The van der Waals surface area contributed by atoms with Crippen LogP contribution in [0.25, 0.3) is 0 Å². The van der Waals surface area contributed by atoms with Gasteiger partial charge in [0, 0.05) is 23.8 Å². The molecule has 0 saturated heterocycles. The Labute approximate surface area is 96.7 Å². The highest BCUT2D eigenvalue weighted by molar-refractivity contribution is 5.99. The smallest absolute Gasteiger partial charge is 0.161 e. The van der Waals surface area contributed by atoms with Gasteiger partial charge < -0.3 is 10.0 Å². The van der Waals surface area contributed by atoms with E-state index in [0.29, 0.717) is 12.1 Å². The average molecular weight is 221 g/mol. The predicted molar refractivity (Wildman–Crippen MR) is 66.0 cm³/mol. The summed E-state index contributed by atoms with van der Waals surface area (Å²) in [6.07, 6.45) is 0. The Balaban J connectivity index is 3.12. The number of carbonyl (C=O) groups is 1. The molecule has 0 bridgehead atoms. The zero-order chi connectivity index (χ0) is 12.1. The molecule has 0 amide bonds. The van der Waals surface area contributed by atoms with Gasteiger partial charge in [-0.1, -0.05) is 12.1 Å². The quantitative estimate of drug-likeness (QED) is 0.774. The van der Waals surface area contributed by atoms with Crippen molar-refractivity contribution >= 4 is 11.5 Å². The lowest BCUT2D eigenvalue weighted by atomic mass is 10.1. The molecule has 0 atom stereocenters. The lowest BCUT2D eigenvalue weighted by Gasteiger charge is -2.29. The van der Waals surface area contributed by atoms with Crippen molar-refractivity contribution < 1.29 is 9.90 Å². The molecular formula is C13H19NO2. The number of carbonyl (C=O) groups excluding carboxylic acids is 1. The summed E-state index contributed by atoms with van der Waals surface area (Å²) >= 11 is 0. The number of rotatable bonds is 5. The number of hydrogen-bond acceptors (Lipinski definition) is 3. The normalized spacial score (nSPS) is 10.6. The van der Waals surface area contributed by atoms with Gasteiger partial charge in [0.15, 0.2) is 5.78 Å². The first-order valence-electron chi connectivity index (χ1n) is 5.55. The fourth-order valence-corrected chi connectivity index (χ4v) is 1.79. The van der Waals surface area contributed by atoms with Gasteiger partial charge in [-0.2, -0.15) is 0 Å². The van der Waals surface area contributed by atoms with E-state index in [1.54, 1.807) is 6.92 Å².